The summed E-state index contributed by atoms with van der Waals surface area (Å²) < 4.78 is 27.2. The van der Waals surface area contributed by atoms with Gasteiger partial charge in [-0.15, -0.1) is 0 Å². The van der Waals surface area contributed by atoms with Crippen LogP contribution in [0.1, 0.15) is 49.4 Å². The molecule has 6 heteroatoms. The van der Waals surface area contributed by atoms with E-state index in [-0.39, 0.29) is 5.91 Å². The third kappa shape index (κ3) is 5.06. The van der Waals surface area contributed by atoms with Crippen LogP contribution in [0.3, 0.4) is 0 Å². The quantitative estimate of drug-likeness (QED) is 0.675. The molecule has 156 valence electrons. The number of nitrogens with zero attached hydrogens (tertiary/aromatic N) is 2. The van der Waals surface area contributed by atoms with Crippen LogP contribution in [0, 0.1) is 0 Å². The standard InChI is InChI=1S/C23H30N2O3S/c1-3-4-15-24(2)23(26)21-10-8-9-20(18-21)19-11-13-22(14-12-19)29(27,28)25-16-6-5-7-17-25/h8-14,18H,3-7,15-17H2,1-2H3. The lowest BCUT2D eigenvalue weighted by molar-refractivity contribution is 0.0793. The molecule has 1 fully saturated rings. The number of unbranched alkanes of at least 4 members (excludes halogenated alkanes) is 1. The predicted molar refractivity (Wildman–Crippen MR) is 116 cm³/mol. The molecule has 5 nitrogen and oxygen atoms in total. The lowest BCUT2D eigenvalue weighted by Gasteiger charge is -2.25. The Balaban J connectivity index is 1.79. The summed E-state index contributed by atoms with van der Waals surface area (Å²) in [6.07, 6.45) is 4.96. The van der Waals surface area contributed by atoms with Gasteiger partial charge in [-0.05, 0) is 54.7 Å². The molecule has 0 spiro atoms. The number of piperidine rings is 1. The lowest BCUT2D eigenvalue weighted by atomic mass is 10.0. The first-order chi connectivity index (χ1) is 13.9. The molecule has 1 aliphatic rings. The molecule has 1 saturated heterocycles. The molecular formula is C23H30N2O3S. The monoisotopic (exact) mass is 414 g/mol. The van der Waals surface area contributed by atoms with Crippen LogP contribution in [-0.4, -0.2) is 50.2 Å². The van der Waals surface area contributed by atoms with E-state index in [2.05, 4.69) is 6.92 Å². The smallest absolute Gasteiger partial charge is 0.253 e. The normalized spacial score (nSPS) is 15.2. The van der Waals surface area contributed by atoms with Gasteiger partial charge in [0.05, 0.1) is 4.90 Å². The summed E-state index contributed by atoms with van der Waals surface area (Å²) in [6, 6.07) is 14.5. The van der Waals surface area contributed by atoms with Crippen molar-refractivity contribution in [3.63, 3.8) is 0 Å². The van der Waals surface area contributed by atoms with Crippen LogP contribution in [0.4, 0.5) is 0 Å². The average Bonchev–Trinajstić information content (AvgIpc) is 2.77. The van der Waals surface area contributed by atoms with Gasteiger partial charge >= 0.3 is 0 Å². The molecule has 0 saturated carbocycles. The number of amides is 1. The topological polar surface area (TPSA) is 57.7 Å². The van der Waals surface area contributed by atoms with E-state index in [4.69, 9.17) is 0 Å². The van der Waals surface area contributed by atoms with Gasteiger partial charge in [0, 0.05) is 32.2 Å². The Morgan fingerprint density at radius 2 is 1.69 bits per heavy atom. The van der Waals surface area contributed by atoms with Gasteiger partial charge in [0.15, 0.2) is 0 Å². The number of carbonyl (C=O) groups excluding carboxylic acids is 1. The zero-order valence-corrected chi connectivity index (χ0v) is 18.1. The van der Waals surface area contributed by atoms with Gasteiger partial charge < -0.3 is 4.90 Å². The van der Waals surface area contributed by atoms with Crippen molar-refractivity contribution in [1.82, 2.24) is 9.21 Å². The molecule has 2 aromatic carbocycles. The average molecular weight is 415 g/mol. The van der Waals surface area contributed by atoms with Crippen LogP contribution in [0.2, 0.25) is 0 Å². The van der Waals surface area contributed by atoms with Crippen LogP contribution < -0.4 is 0 Å². The number of hydrogen-bond acceptors (Lipinski definition) is 3. The van der Waals surface area contributed by atoms with Gasteiger partial charge in [0.25, 0.3) is 5.91 Å². The highest BCUT2D eigenvalue weighted by Crippen LogP contribution is 2.25. The van der Waals surface area contributed by atoms with Gasteiger partial charge in [-0.3, -0.25) is 4.79 Å². The molecule has 3 rings (SSSR count). The van der Waals surface area contributed by atoms with Crippen molar-refractivity contribution in [3.05, 3.63) is 54.1 Å². The Bertz CT molecular complexity index is 933. The second-order valence-electron chi connectivity index (χ2n) is 7.65. The number of sulfonamides is 1. The Morgan fingerprint density at radius 1 is 1.00 bits per heavy atom. The minimum absolute atomic E-state index is 0.00426. The van der Waals surface area contributed by atoms with Crippen LogP contribution in [-0.2, 0) is 10.0 Å². The Labute approximate surface area is 174 Å². The van der Waals surface area contributed by atoms with Crippen LogP contribution in [0.15, 0.2) is 53.4 Å². The maximum Gasteiger partial charge on any atom is 0.253 e. The van der Waals surface area contributed by atoms with Gasteiger partial charge in [-0.25, -0.2) is 8.42 Å². The number of hydrogen-bond donors (Lipinski definition) is 0. The Kier molecular flexibility index (Phi) is 7.09. The van der Waals surface area contributed by atoms with Gasteiger partial charge in [0.1, 0.15) is 0 Å². The van der Waals surface area contributed by atoms with E-state index in [0.29, 0.717) is 23.5 Å². The SMILES string of the molecule is CCCCN(C)C(=O)c1cccc(-c2ccc(S(=O)(=O)N3CCCCC3)cc2)c1. The molecule has 0 N–H and O–H groups in total. The Hall–Kier alpha value is -2.18. The van der Waals surface area contributed by atoms with E-state index >= 15 is 0 Å². The maximum absolute atomic E-state index is 12.8. The second-order valence-corrected chi connectivity index (χ2v) is 9.59. The van der Waals surface area contributed by atoms with Crippen molar-refractivity contribution in [2.24, 2.45) is 0 Å². The highest BCUT2D eigenvalue weighted by molar-refractivity contribution is 7.89. The summed E-state index contributed by atoms with van der Waals surface area (Å²) >= 11 is 0. The zero-order valence-electron chi connectivity index (χ0n) is 17.3. The first-order valence-electron chi connectivity index (χ1n) is 10.4. The fourth-order valence-electron chi connectivity index (χ4n) is 3.62. The first kappa shape index (κ1) is 21.5. The molecule has 2 aromatic rings. The maximum atomic E-state index is 12.8. The highest BCUT2D eigenvalue weighted by Gasteiger charge is 2.25. The number of rotatable bonds is 7. The summed E-state index contributed by atoms with van der Waals surface area (Å²) in [5, 5.41) is 0. The number of carbonyl (C=O) groups is 1. The fraction of sp³-hybridized carbons (Fsp3) is 0.435. The largest absolute Gasteiger partial charge is 0.342 e. The van der Waals surface area contributed by atoms with E-state index < -0.39 is 10.0 Å². The molecule has 0 radical (unpaired) electrons. The van der Waals surface area contributed by atoms with Crippen molar-refractivity contribution in [2.75, 3.05) is 26.7 Å². The molecule has 0 aliphatic carbocycles. The summed E-state index contributed by atoms with van der Waals surface area (Å²) in [4.78, 5) is 14.7. The summed E-state index contributed by atoms with van der Waals surface area (Å²) in [5.41, 5.74) is 2.45. The lowest BCUT2D eigenvalue weighted by Crippen LogP contribution is -2.35. The van der Waals surface area contributed by atoms with Gasteiger partial charge in [-0.2, -0.15) is 4.31 Å². The summed E-state index contributed by atoms with van der Waals surface area (Å²) in [6.45, 7) is 4.04. The summed E-state index contributed by atoms with van der Waals surface area (Å²) in [5.74, 6) is 0.00426. The molecule has 1 aliphatic heterocycles. The molecule has 0 atom stereocenters. The van der Waals surface area contributed by atoms with Crippen molar-refractivity contribution < 1.29 is 13.2 Å². The van der Waals surface area contributed by atoms with Crippen LogP contribution in [0.25, 0.3) is 11.1 Å². The fourth-order valence-corrected chi connectivity index (χ4v) is 5.14. The van der Waals surface area contributed by atoms with E-state index in [1.54, 1.807) is 21.3 Å². The van der Waals surface area contributed by atoms with E-state index in [0.717, 1.165) is 49.8 Å². The van der Waals surface area contributed by atoms with Crippen molar-refractivity contribution in [3.8, 4) is 11.1 Å². The van der Waals surface area contributed by atoms with Gasteiger partial charge in [0.2, 0.25) is 10.0 Å². The number of benzene rings is 2. The zero-order chi connectivity index (χ0) is 20.9. The molecule has 29 heavy (non-hydrogen) atoms. The molecule has 1 amide bonds. The predicted octanol–water partition coefficient (Wildman–Crippen LogP) is 4.40. The van der Waals surface area contributed by atoms with Gasteiger partial charge in [-0.1, -0.05) is 44.0 Å². The van der Waals surface area contributed by atoms with Crippen molar-refractivity contribution >= 4 is 15.9 Å². The van der Waals surface area contributed by atoms with Crippen LogP contribution in [0.5, 0.6) is 0 Å². The van der Waals surface area contributed by atoms with Crippen molar-refractivity contribution in [1.29, 1.82) is 0 Å². The van der Waals surface area contributed by atoms with E-state index in [1.165, 1.54) is 0 Å². The third-order valence-electron chi connectivity index (χ3n) is 5.44. The molecule has 1 heterocycles. The Morgan fingerprint density at radius 3 is 2.34 bits per heavy atom. The van der Waals surface area contributed by atoms with E-state index in [9.17, 15) is 13.2 Å². The third-order valence-corrected chi connectivity index (χ3v) is 7.36. The minimum Gasteiger partial charge on any atom is -0.342 e. The second kappa shape index (κ2) is 9.55. The molecule has 0 unspecified atom stereocenters. The first-order valence-corrected chi connectivity index (χ1v) is 11.8. The van der Waals surface area contributed by atoms with Crippen LogP contribution >= 0.6 is 0 Å². The van der Waals surface area contributed by atoms with Crippen molar-refractivity contribution in [2.45, 2.75) is 43.9 Å². The summed E-state index contributed by atoms with van der Waals surface area (Å²) in [7, 11) is -1.61. The van der Waals surface area contributed by atoms with E-state index in [1.807, 2.05) is 43.4 Å². The molecule has 0 bridgehead atoms. The molecule has 0 aromatic heterocycles. The minimum atomic E-state index is -3.43. The highest BCUT2D eigenvalue weighted by atomic mass is 32.2. The molecular weight excluding hydrogens is 384 g/mol.